The van der Waals surface area contributed by atoms with Crippen LogP contribution in [-0.4, -0.2) is 37.1 Å². The fourth-order valence-electron chi connectivity index (χ4n) is 4.20. The second-order valence-corrected chi connectivity index (χ2v) is 8.61. The molecule has 4 aromatic carbocycles. The van der Waals surface area contributed by atoms with Crippen molar-refractivity contribution in [3.8, 4) is 33.8 Å². The average molecular weight is 509 g/mol. The molecule has 0 saturated carbocycles. The summed E-state index contributed by atoms with van der Waals surface area (Å²) in [5.41, 5.74) is 7.32. The molecule has 1 aliphatic rings. The Morgan fingerprint density at radius 2 is 1.38 bits per heavy atom. The fraction of sp³-hybridized carbons (Fsp3) is 0.100. The topological polar surface area (TPSA) is 68.6 Å². The predicted molar refractivity (Wildman–Crippen MR) is 151 cm³/mol. The maximum absolute atomic E-state index is 5.83. The standard InChI is InChI=1S/C15H11ClN2O.C15H14N2O/c1-19-13-8-11(10-5-3-2-4-6-10)7-12-9-17-15(16)18-14(12)13;1-18-14-8-12(11-5-3-2-4-6-11)7-13-9-16-10-17-15(13)14/h2-9H,1H3;2-9,17H,10H2,1H3. The normalized spacial score (nSPS) is 11.6. The van der Waals surface area contributed by atoms with E-state index in [1.54, 1.807) is 20.4 Å². The van der Waals surface area contributed by atoms with Crippen LogP contribution in [0.2, 0.25) is 5.28 Å². The van der Waals surface area contributed by atoms with Gasteiger partial charge < -0.3 is 14.8 Å². The van der Waals surface area contributed by atoms with E-state index < -0.39 is 0 Å². The van der Waals surface area contributed by atoms with Gasteiger partial charge in [0.2, 0.25) is 5.28 Å². The number of fused-ring (bicyclic) bond motifs is 2. The molecule has 0 atom stereocenters. The van der Waals surface area contributed by atoms with Crippen molar-refractivity contribution in [3.05, 3.63) is 102 Å². The van der Waals surface area contributed by atoms with Crippen molar-refractivity contribution in [2.24, 2.45) is 4.99 Å². The molecule has 1 aromatic heterocycles. The van der Waals surface area contributed by atoms with E-state index in [4.69, 9.17) is 21.1 Å². The van der Waals surface area contributed by atoms with E-state index in [1.807, 2.05) is 54.7 Å². The minimum atomic E-state index is 0.221. The number of rotatable bonds is 4. The van der Waals surface area contributed by atoms with E-state index in [-0.39, 0.29) is 5.28 Å². The highest BCUT2D eigenvalue weighted by Crippen LogP contribution is 2.35. The van der Waals surface area contributed by atoms with E-state index >= 15 is 0 Å². The minimum Gasteiger partial charge on any atom is -0.495 e. The summed E-state index contributed by atoms with van der Waals surface area (Å²) in [5, 5.41) is 4.36. The third-order valence-corrected chi connectivity index (χ3v) is 6.17. The fourth-order valence-corrected chi connectivity index (χ4v) is 4.33. The van der Waals surface area contributed by atoms with Crippen molar-refractivity contribution in [1.82, 2.24) is 9.97 Å². The van der Waals surface area contributed by atoms with Crippen molar-refractivity contribution in [3.63, 3.8) is 0 Å². The first-order chi connectivity index (χ1) is 18.2. The Kier molecular flexibility index (Phi) is 7.28. The van der Waals surface area contributed by atoms with Crippen LogP contribution < -0.4 is 14.8 Å². The molecule has 7 heteroatoms. The highest BCUT2D eigenvalue weighted by Gasteiger charge is 2.13. The zero-order valence-corrected chi connectivity index (χ0v) is 21.2. The number of hydrogen-bond acceptors (Lipinski definition) is 6. The Morgan fingerprint density at radius 3 is 2.03 bits per heavy atom. The van der Waals surface area contributed by atoms with Gasteiger partial charge in [0, 0.05) is 23.4 Å². The molecular weight excluding hydrogens is 484 g/mol. The van der Waals surface area contributed by atoms with Gasteiger partial charge in [-0.1, -0.05) is 60.7 Å². The quantitative estimate of drug-likeness (QED) is 0.262. The molecule has 0 radical (unpaired) electrons. The lowest BCUT2D eigenvalue weighted by atomic mass is 10.0. The molecule has 0 bridgehead atoms. The Balaban J connectivity index is 0.000000152. The number of methoxy groups -OCH3 is 2. The number of nitrogens with one attached hydrogen (secondary N) is 1. The second-order valence-electron chi connectivity index (χ2n) is 8.28. The minimum absolute atomic E-state index is 0.221. The summed E-state index contributed by atoms with van der Waals surface area (Å²) in [6, 6.07) is 28.5. The molecule has 5 aromatic rings. The van der Waals surface area contributed by atoms with E-state index in [2.05, 4.69) is 56.7 Å². The number of hydrogen-bond donors (Lipinski definition) is 1. The Labute approximate surface area is 220 Å². The van der Waals surface area contributed by atoms with Gasteiger partial charge in [0.25, 0.3) is 0 Å². The third-order valence-electron chi connectivity index (χ3n) is 5.98. The second kappa shape index (κ2) is 11.1. The number of aromatic nitrogens is 2. The van der Waals surface area contributed by atoms with Crippen molar-refractivity contribution in [1.29, 1.82) is 0 Å². The van der Waals surface area contributed by atoms with Gasteiger partial charge in [0.15, 0.2) is 0 Å². The SMILES string of the molecule is COc1cc(-c2ccccc2)cc2c1NCN=C2.COc1cc(-c2ccccc2)cc2cnc(Cl)nc12. The molecule has 0 unspecified atom stereocenters. The molecule has 1 N–H and O–H groups in total. The Morgan fingerprint density at radius 1 is 0.757 bits per heavy atom. The lowest BCUT2D eigenvalue weighted by molar-refractivity contribution is 0.416. The highest BCUT2D eigenvalue weighted by molar-refractivity contribution is 6.28. The monoisotopic (exact) mass is 508 g/mol. The predicted octanol–water partition coefficient (Wildman–Crippen LogP) is 7.12. The van der Waals surface area contributed by atoms with E-state index in [9.17, 15) is 0 Å². The van der Waals surface area contributed by atoms with E-state index in [1.165, 1.54) is 5.56 Å². The van der Waals surface area contributed by atoms with Crippen LogP contribution >= 0.6 is 11.6 Å². The van der Waals surface area contributed by atoms with Gasteiger partial charge in [-0.05, 0) is 58.1 Å². The van der Waals surface area contributed by atoms with Crippen LogP contribution in [0, 0.1) is 0 Å². The number of nitrogens with zero attached hydrogens (tertiary/aromatic N) is 3. The van der Waals surface area contributed by atoms with E-state index in [0.29, 0.717) is 12.4 Å². The van der Waals surface area contributed by atoms with Gasteiger partial charge in [-0.25, -0.2) is 9.97 Å². The van der Waals surface area contributed by atoms with Gasteiger partial charge >= 0.3 is 0 Å². The zero-order valence-electron chi connectivity index (χ0n) is 20.5. The molecule has 37 heavy (non-hydrogen) atoms. The maximum Gasteiger partial charge on any atom is 0.223 e. The third kappa shape index (κ3) is 5.39. The zero-order chi connectivity index (χ0) is 25.6. The summed E-state index contributed by atoms with van der Waals surface area (Å²) < 4.78 is 10.8. The molecule has 6 nitrogen and oxygen atoms in total. The van der Waals surface area contributed by atoms with Crippen molar-refractivity contribution in [2.45, 2.75) is 0 Å². The van der Waals surface area contributed by atoms with Crippen molar-refractivity contribution < 1.29 is 9.47 Å². The van der Waals surface area contributed by atoms with Gasteiger partial charge in [0.05, 0.1) is 19.9 Å². The van der Waals surface area contributed by atoms with Crippen molar-refractivity contribution in [2.75, 3.05) is 26.2 Å². The summed E-state index contributed by atoms with van der Waals surface area (Å²) in [6.45, 7) is 0.605. The molecule has 2 heterocycles. The van der Waals surface area contributed by atoms with Gasteiger partial charge in [-0.2, -0.15) is 0 Å². The van der Waals surface area contributed by atoms with Crippen LogP contribution in [0.5, 0.6) is 11.5 Å². The number of ether oxygens (including phenoxy) is 2. The van der Waals surface area contributed by atoms with Crippen LogP contribution in [0.1, 0.15) is 5.56 Å². The summed E-state index contributed by atoms with van der Waals surface area (Å²) in [7, 11) is 3.32. The average Bonchev–Trinajstić information content (AvgIpc) is 2.97. The van der Waals surface area contributed by atoms with Gasteiger partial charge in [-0.15, -0.1) is 0 Å². The maximum atomic E-state index is 5.83. The van der Waals surface area contributed by atoms with Gasteiger partial charge in [0.1, 0.15) is 23.7 Å². The lowest BCUT2D eigenvalue weighted by Crippen LogP contribution is -2.09. The van der Waals surface area contributed by atoms with Crippen molar-refractivity contribution >= 4 is 34.4 Å². The highest BCUT2D eigenvalue weighted by atomic mass is 35.5. The number of benzene rings is 4. The number of aliphatic imine (C=N–C) groups is 1. The Bertz CT molecular complexity index is 1560. The first-order valence-electron chi connectivity index (χ1n) is 11.7. The molecule has 6 rings (SSSR count). The molecule has 0 fully saturated rings. The van der Waals surface area contributed by atoms with Crippen LogP contribution in [0.25, 0.3) is 33.2 Å². The molecule has 0 aliphatic carbocycles. The molecule has 0 amide bonds. The first kappa shape index (κ1) is 24.3. The summed E-state index contributed by atoms with van der Waals surface area (Å²) in [4.78, 5) is 12.5. The first-order valence-corrected chi connectivity index (χ1v) is 12.1. The summed E-state index contributed by atoms with van der Waals surface area (Å²) in [6.07, 6.45) is 3.60. The summed E-state index contributed by atoms with van der Waals surface area (Å²) in [5.74, 6) is 1.55. The van der Waals surface area contributed by atoms with E-state index in [0.717, 1.165) is 44.6 Å². The van der Waals surface area contributed by atoms with Crippen LogP contribution in [0.15, 0.2) is 96.1 Å². The Hall–Kier alpha value is -4.42. The largest absolute Gasteiger partial charge is 0.495 e. The van der Waals surface area contributed by atoms with Crippen LogP contribution in [0.4, 0.5) is 5.69 Å². The molecule has 184 valence electrons. The molecule has 0 saturated heterocycles. The smallest absolute Gasteiger partial charge is 0.223 e. The number of anilines is 1. The molecule has 1 aliphatic heterocycles. The van der Waals surface area contributed by atoms with Crippen LogP contribution in [-0.2, 0) is 0 Å². The van der Waals surface area contributed by atoms with Crippen LogP contribution in [0.3, 0.4) is 0 Å². The summed E-state index contributed by atoms with van der Waals surface area (Å²) >= 11 is 5.83. The van der Waals surface area contributed by atoms with Gasteiger partial charge in [-0.3, -0.25) is 4.99 Å². The lowest BCUT2D eigenvalue weighted by Gasteiger charge is -2.17. The molecular formula is C30H25ClN4O2. The molecule has 0 spiro atoms. The number of halogens is 1.